The molecule has 0 aromatic carbocycles. The van der Waals surface area contributed by atoms with Crippen molar-refractivity contribution in [3.8, 4) is 11.5 Å². The summed E-state index contributed by atoms with van der Waals surface area (Å²) in [4.78, 5) is 0. The fourth-order valence-electron chi connectivity index (χ4n) is 4.52. The Morgan fingerprint density at radius 2 is 1.25 bits per heavy atom. The zero-order chi connectivity index (χ0) is 20.6. The van der Waals surface area contributed by atoms with E-state index in [1.165, 1.54) is 64.2 Å². The van der Waals surface area contributed by atoms with E-state index in [0.29, 0.717) is 0 Å². The highest BCUT2D eigenvalue weighted by atomic mass is 79.9. The predicted molar refractivity (Wildman–Crippen MR) is 129 cm³/mol. The molecular weight excluding hydrogens is 500 g/mol. The summed E-state index contributed by atoms with van der Waals surface area (Å²) in [5, 5.41) is 0. The minimum Gasteiger partial charge on any atom is -0.487 e. The summed E-state index contributed by atoms with van der Waals surface area (Å²) < 4.78 is 14.9. The third-order valence-corrected chi connectivity index (χ3v) is 8.74. The molecule has 2 heterocycles. The van der Waals surface area contributed by atoms with Crippen LogP contribution in [0.3, 0.4) is 0 Å². The van der Waals surface area contributed by atoms with E-state index in [-0.39, 0.29) is 5.41 Å². The van der Waals surface area contributed by atoms with Gasteiger partial charge in [-0.05, 0) is 56.5 Å². The van der Waals surface area contributed by atoms with Crippen LogP contribution >= 0.6 is 43.2 Å². The molecule has 0 fully saturated rings. The molecule has 2 atom stereocenters. The van der Waals surface area contributed by atoms with Crippen LogP contribution in [0.15, 0.2) is 7.57 Å². The average Bonchev–Trinajstić information content (AvgIpc) is 2.85. The first-order valence-electron chi connectivity index (χ1n) is 11.2. The van der Waals surface area contributed by atoms with Gasteiger partial charge in [-0.25, -0.2) is 0 Å². The molecule has 0 saturated carbocycles. The van der Waals surface area contributed by atoms with E-state index in [9.17, 15) is 0 Å². The summed E-state index contributed by atoms with van der Waals surface area (Å²) >= 11 is 8.95. The number of rotatable bonds is 12. The number of hydrogen-bond donors (Lipinski definition) is 0. The molecule has 0 saturated heterocycles. The molecule has 1 aromatic heterocycles. The van der Waals surface area contributed by atoms with Crippen molar-refractivity contribution in [3.63, 3.8) is 0 Å². The van der Waals surface area contributed by atoms with Gasteiger partial charge in [-0.15, -0.1) is 11.3 Å². The van der Waals surface area contributed by atoms with E-state index >= 15 is 0 Å². The maximum Gasteiger partial charge on any atom is 0.187 e. The van der Waals surface area contributed by atoms with Crippen molar-refractivity contribution in [2.45, 2.75) is 91.9 Å². The lowest BCUT2D eigenvalue weighted by Gasteiger charge is -2.37. The van der Waals surface area contributed by atoms with Crippen molar-refractivity contribution in [1.82, 2.24) is 0 Å². The first kappa shape index (κ1) is 24.5. The molecule has 5 heteroatoms. The SMILES string of the molecule is CCCCC(CC)CC1(CC(CC)CCCC)COc2c(Br)sc(Br)c2OC1. The lowest BCUT2D eigenvalue weighted by Crippen LogP contribution is -2.38. The van der Waals surface area contributed by atoms with E-state index in [1.807, 2.05) is 0 Å². The van der Waals surface area contributed by atoms with Crippen LogP contribution in [-0.2, 0) is 0 Å². The number of halogens is 2. The molecule has 0 radical (unpaired) electrons. The standard InChI is InChI=1S/C23H38Br2O2S/c1-5-9-11-17(7-3)13-23(14-18(8-4)12-10-6-2)15-26-19-20(27-16-23)22(25)28-21(19)24/h17-18H,5-16H2,1-4H3. The Kier molecular flexibility index (Phi) is 10.7. The number of ether oxygens (including phenoxy) is 2. The Balaban J connectivity index is 2.21. The molecule has 28 heavy (non-hydrogen) atoms. The summed E-state index contributed by atoms with van der Waals surface area (Å²) in [5.41, 5.74) is 0.110. The largest absolute Gasteiger partial charge is 0.487 e. The molecule has 1 aliphatic heterocycles. The molecule has 0 bridgehead atoms. The maximum atomic E-state index is 6.42. The van der Waals surface area contributed by atoms with Crippen LogP contribution in [0.5, 0.6) is 11.5 Å². The molecule has 1 aromatic rings. The van der Waals surface area contributed by atoms with Gasteiger partial charge >= 0.3 is 0 Å². The van der Waals surface area contributed by atoms with Crippen molar-refractivity contribution >= 4 is 43.2 Å². The highest BCUT2D eigenvalue weighted by Gasteiger charge is 2.40. The van der Waals surface area contributed by atoms with Crippen molar-refractivity contribution in [2.75, 3.05) is 13.2 Å². The maximum absolute atomic E-state index is 6.42. The zero-order valence-electron chi connectivity index (χ0n) is 18.1. The van der Waals surface area contributed by atoms with Crippen molar-refractivity contribution in [1.29, 1.82) is 0 Å². The van der Waals surface area contributed by atoms with E-state index in [1.54, 1.807) is 11.3 Å². The molecule has 1 aliphatic rings. The number of hydrogen-bond acceptors (Lipinski definition) is 3. The number of thiophene rings is 1. The van der Waals surface area contributed by atoms with Gasteiger partial charge in [-0.3, -0.25) is 0 Å². The van der Waals surface area contributed by atoms with Crippen LogP contribution in [0.2, 0.25) is 0 Å². The fraction of sp³-hybridized carbons (Fsp3) is 0.826. The second kappa shape index (κ2) is 12.2. The van der Waals surface area contributed by atoms with Crippen LogP contribution in [-0.4, -0.2) is 13.2 Å². The van der Waals surface area contributed by atoms with Crippen molar-refractivity contribution < 1.29 is 9.47 Å². The summed E-state index contributed by atoms with van der Waals surface area (Å²) in [6.45, 7) is 10.8. The van der Waals surface area contributed by atoms with Gasteiger partial charge in [0.05, 0.1) is 13.2 Å². The van der Waals surface area contributed by atoms with E-state index in [4.69, 9.17) is 9.47 Å². The van der Waals surface area contributed by atoms with Gasteiger partial charge in [0.2, 0.25) is 0 Å². The molecule has 2 unspecified atom stereocenters. The second-order valence-corrected chi connectivity index (χ2v) is 12.3. The van der Waals surface area contributed by atoms with E-state index < -0.39 is 0 Å². The van der Waals surface area contributed by atoms with Gasteiger partial charge in [-0.1, -0.05) is 79.1 Å². The third kappa shape index (κ3) is 6.63. The average molecular weight is 538 g/mol. The molecule has 162 valence electrons. The summed E-state index contributed by atoms with van der Waals surface area (Å²) in [6.07, 6.45) is 12.8. The quantitative estimate of drug-likeness (QED) is 0.264. The molecule has 2 nitrogen and oxygen atoms in total. The minimum atomic E-state index is 0.110. The number of fused-ring (bicyclic) bond motifs is 1. The molecule has 0 aliphatic carbocycles. The van der Waals surface area contributed by atoms with Gasteiger partial charge in [0, 0.05) is 5.41 Å². The van der Waals surface area contributed by atoms with E-state index in [0.717, 1.165) is 44.1 Å². The first-order chi connectivity index (χ1) is 13.5. The summed E-state index contributed by atoms with van der Waals surface area (Å²) in [7, 11) is 0. The van der Waals surface area contributed by atoms with Crippen LogP contribution in [0.4, 0.5) is 0 Å². The summed E-state index contributed by atoms with van der Waals surface area (Å²) in [6, 6.07) is 0. The Bertz CT molecular complexity index is 539. The van der Waals surface area contributed by atoms with Gasteiger partial charge in [0.25, 0.3) is 0 Å². The lowest BCUT2D eigenvalue weighted by molar-refractivity contribution is 0.0445. The van der Waals surface area contributed by atoms with Crippen LogP contribution in [0.25, 0.3) is 0 Å². The van der Waals surface area contributed by atoms with E-state index in [2.05, 4.69) is 59.6 Å². The molecule has 0 N–H and O–H groups in total. The fourth-order valence-corrected chi connectivity index (χ4v) is 7.37. The lowest BCUT2D eigenvalue weighted by atomic mass is 9.71. The molecule has 2 rings (SSSR count). The Morgan fingerprint density at radius 1 is 0.821 bits per heavy atom. The third-order valence-electron chi connectivity index (χ3n) is 6.32. The van der Waals surface area contributed by atoms with Crippen LogP contribution in [0, 0.1) is 17.3 Å². The monoisotopic (exact) mass is 536 g/mol. The number of unbranched alkanes of at least 4 members (excludes halogenated alkanes) is 2. The van der Waals surface area contributed by atoms with Crippen molar-refractivity contribution in [3.05, 3.63) is 7.57 Å². The molecular formula is C23H38Br2O2S. The second-order valence-electron chi connectivity index (χ2n) is 8.63. The van der Waals surface area contributed by atoms with Crippen LogP contribution < -0.4 is 9.47 Å². The highest BCUT2D eigenvalue weighted by molar-refractivity contribution is 9.12. The highest BCUT2D eigenvalue weighted by Crippen LogP contribution is 2.52. The molecule has 0 amide bonds. The van der Waals surface area contributed by atoms with Gasteiger partial charge in [0.15, 0.2) is 11.5 Å². The first-order valence-corrected chi connectivity index (χ1v) is 13.6. The zero-order valence-corrected chi connectivity index (χ0v) is 22.1. The Hall–Kier alpha value is 0.260. The van der Waals surface area contributed by atoms with Crippen LogP contribution in [0.1, 0.15) is 91.9 Å². The minimum absolute atomic E-state index is 0.110. The normalized spacial score (nSPS) is 17.9. The smallest absolute Gasteiger partial charge is 0.187 e. The predicted octanol–water partition coefficient (Wildman–Crippen LogP) is 9.24. The molecule has 0 spiro atoms. The van der Waals surface area contributed by atoms with Crippen molar-refractivity contribution in [2.24, 2.45) is 17.3 Å². The van der Waals surface area contributed by atoms with Gasteiger partial charge in [-0.2, -0.15) is 0 Å². The Morgan fingerprint density at radius 3 is 1.61 bits per heavy atom. The Labute approximate surface area is 193 Å². The topological polar surface area (TPSA) is 18.5 Å². The summed E-state index contributed by atoms with van der Waals surface area (Å²) in [5.74, 6) is 3.31. The van der Waals surface area contributed by atoms with Gasteiger partial charge in [0.1, 0.15) is 7.57 Å². The van der Waals surface area contributed by atoms with Gasteiger partial charge < -0.3 is 9.47 Å².